The normalized spacial score (nSPS) is 23.8. The smallest absolute Gasteiger partial charge is 0.231 e. The number of likely N-dealkylation sites (tertiary alicyclic amines) is 1. The molecular formula is C16H21N5O2. The molecule has 0 amide bonds. The standard InChI is InChI=1S/C16H21N5O2/c1-19(2)13-9-20(10-14(13)21-7-6-17-18-21)8-12-4-3-5-15-16(12)23-11-22-15/h3-7,13-14H,8-11H2,1-2H3/t13-,14+/m1/s1. The molecule has 23 heavy (non-hydrogen) atoms. The van der Waals surface area contributed by atoms with Crippen molar-refractivity contribution < 1.29 is 9.47 Å². The van der Waals surface area contributed by atoms with E-state index in [-0.39, 0.29) is 0 Å². The summed E-state index contributed by atoms with van der Waals surface area (Å²) in [5.74, 6) is 1.73. The molecule has 7 heteroatoms. The van der Waals surface area contributed by atoms with E-state index in [1.807, 2.05) is 23.0 Å². The second-order valence-corrected chi connectivity index (χ2v) is 6.33. The van der Waals surface area contributed by atoms with Crippen LogP contribution >= 0.6 is 0 Å². The molecule has 2 aromatic rings. The monoisotopic (exact) mass is 315 g/mol. The van der Waals surface area contributed by atoms with Crippen molar-refractivity contribution in [2.75, 3.05) is 34.0 Å². The quantitative estimate of drug-likeness (QED) is 0.839. The van der Waals surface area contributed by atoms with Crippen LogP contribution in [-0.4, -0.2) is 64.8 Å². The zero-order valence-electron chi connectivity index (χ0n) is 13.4. The average molecular weight is 315 g/mol. The molecule has 2 atom stereocenters. The summed E-state index contributed by atoms with van der Waals surface area (Å²) in [5.41, 5.74) is 1.18. The van der Waals surface area contributed by atoms with Crippen molar-refractivity contribution in [1.82, 2.24) is 24.8 Å². The number of benzene rings is 1. The van der Waals surface area contributed by atoms with Gasteiger partial charge in [-0.15, -0.1) is 5.10 Å². The Bertz CT molecular complexity index is 673. The number of ether oxygens (including phenoxy) is 2. The van der Waals surface area contributed by atoms with Crippen LogP contribution in [0.25, 0.3) is 0 Å². The van der Waals surface area contributed by atoms with E-state index in [0.717, 1.165) is 31.1 Å². The summed E-state index contributed by atoms with van der Waals surface area (Å²) in [6, 6.07) is 6.81. The highest BCUT2D eigenvalue weighted by Gasteiger charge is 2.36. The lowest BCUT2D eigenvalue weighted by Crippen LogP contribution is -2.36. The largest absolute Gasteiger partial charge is 0.454 e. The molecule has 4 rings (SSSR count). The van der Waals surface area contributed by atoms with Crippen LogP contribution < -0.4 is 9.47 Å². The fraction of sp³-hybridized carbons (Fsp3) is 0.500. The maximum Gasteiger partial charge on any atom is 0.231 e. The summed E-state index contributed by atoms with van der Waals surface area (Å²) in [5, 5.41) is 8.16. The van der Waals surface area contributed by atoms with Gasteiger partial charge in [-0.25, -0.2) is 4.68 Å². The van der Waals surface area contributed by atoms with Crippen molar-refractivity contribution >= 4 is 0 Å². The number of para-hydroxylation sites is 1. The summed E-state index contributed by atoms with van der Waals surface area (Å²) in [6.45, 7) is 3.09. The highest BCUT2D eigenvalue weighted by molar-refractivity contribution is 5.48. The third kappa shape index (κ3) is 2.66. The Balaban J connectivity index is 1.54. The topological polar surface area (TPSA) is 55.7 Å². The molecule has 1 fully saturated rings. The Hall–Kier alpha value is -2.12. The van der Waals surface area contributed by atoms with E-state index < -0.39 is 0 Å². The highest BCUT2D eigenvalue weighted by atomic mass is 16.7. The van der Waals surface area contributed by atoms with Crippen LogP contribution in [0, 0.1) is 0 Å². The number of nitrogens with zero attached hydrogens (tertiary/aromatic N) is 5. The molecule has 122 valence electrons. The Morgan fingerprint density at radius 2 is 2.17 bits per heavy atom. The van der Waals surface area contributed by atoms with Crippen molar-refractivity contribution in [2.45, 2.75) is 18.6 Å². The van der Waals surface area contributed by atoms with Gasteiger partial charge >= 0.3 is 0 Å². The molecule has 7 nitrogen and oxygen atoms in total. The van der Waals surface area contributed by atoms with Crippen molar-refractivity contribution in [3.63, 3.8) is 0 Å². The molecule has 0 N–H and O–H groups in total. The van der Waals surface area contributed by atoms with Gasteiger partial charge in [-0.3, -0.25) is 4.90 Å². The van der Waals surface area contributed by atoms with E-state index in [4.69, 9.17) is 9.47 Å². The minimum absolute atomic E-state index is 0.307. The molecule has 2 aliphatic rings. The molecule has 3 heterocycles. The van der Waals surface area contributed by atoms with Crippen LogP contribution in [0.4, 0.5) is 0 Å². The molecule has 2 aliphatic heterocycles. The van der Waals surface area contributed by atoms with Gasteiger partial charge in [0.1, 0.15) is 0 Å². The van der Waals surface area contributed by atoms with Gasteiger partial charge < -0.3 is 14.4 Å². The first-order valence-electron chi connectivity index (χ1n) is 7.84. The van der Waals surface area contributed by atoms with Crippen LogP contribution in [0.2, 0.25) is 0 Å². The van der Waals surface area contributed by atoms with E-state index in [1.54, 1.807) is 6.20 Å². The lowest BCUT2D eigenvalue weighted by molar-refractivity contribution is 0.172. The molecule has 0 spiro atoms. The van der Waals surface area contributed by atoms with E-state index in [2.05, 4.69) is 40.3 Å². The molecule has 1 aromatic carbocycles. The van der Waals surface area contributed by atoms with Gasteiger partial charge in [-0.05, 0) is 20.2 Å². The molecule has 1 saturated heterocycles. The van der Waals surface area contributed by atoms with Crippen LogP contribution in [-0.2, 0) is 6.54 Å². The van der Waals surface area contributed by atoms with Gasteiger partial charge in [0.05, 0.1) is 12.2 Å². The Labute approximate surface area is 135 Å². The fourth-order valence-corrected chi connectivity index (χ4v) is 3.49. The van der Waals surface area contributed by atoms with Crippen LogP contribution in [0.1, 0.15) is 11.6 Å². The lowest BCUT2D eigenvalue weighted by atomic mass is 10.1. The average Bonchev–Trinajstić information content (AvgIpc) is 3.27. The Morgan fingerprint density at radius 3 is 2.96 bits per heavy atom. The summed E-state index contributed by atoms with van der Waals surface area (Å²) in [7, 11) is 4.24. The summed E-state index contributed by atoms with van der Waals surface area (Å²) in [6.07, 6.45) is 3.69. The zero-order valence-corrected chi connectivity index (χ0v) is 13.4. The van der Waals surface area contributed by atoms with Crippen LogP contribution in [0.3, 0.4) is 0 Å². The molecular weight excluding hydrogens is 294 g/mol. The van der Waals surface area contributed by atoms with E-state index in [0.29, 0.717) is 18.9 Å². The van der Waals surface area contributed by atoms with E-state index in [9.17, 15) is 0 Å². The summed E-state index contributed by atoms with van der Waals surface area (Å²) in [4.78, 5) is 4.70. The SMILES string of the molecule is CN(C)[C@@H]1CN(Cc2cccc3c2OCO3)C[C@@H]1n1ccnn1. The third-order valence-electron chi connectivity index (χ3n) is 4.65. The predicted octanol–water partition coefficient (Wildman–Crippen LogP) is 0.994. The molecule has 0 radical (unpaired) electrons. The number of rotatable bonds is 4. The zero-order chi connectivity index (χ0) is 15.8. The molecule has 1 aromatic heterocycles. The van der Waals surface area contributed by atoms with Gasteiger partial charge in [-0.2, -0.15) is 0 Å². The Morgan fingerprint density at radius 1 is 1.26 bits per heavy atom. The molecule has 0 bridgehead atoms. The lowest BCUT2D eigenvalue weighted by Gasteiger charge is -2.24. The van der Waals surface area contributed by atoms with Crippen molar-refractivity contribution in [3.05, 3.63) is 36.2 Å². The minimum Gasteiger partial charge on any atom is -0.454 e. The van der Waals surface area contributed by atoms with Gasteiger partial charge in [0.25, 0.3) is 0 Å². The number of aromatic nitrogens is 3. The Kier molecular flexibility index (Phi) is 3.66. The molecule has 0 unspecified atom stereocenters. The highest BCUT2D eigenvalue weighted by Crippen LogP contribution is 2.37. The number of hydrogen-bond donors (Lipinski definition) is 0. The second-order valence-electron chi connectivity index (χ2n) is 6.33. The first-order valence-corrected chi connectivity index (χ1v) is 7.84. The van der Waals surface area contributed by atoms with Gasteiger partial charge in [0, 0.05) is 37.4 Å². The number of likely N-dealkylation sites (N-methyl/N-ethyl adjacent to an activating group) is 1. The van der Waals surface area contributed by atoms with Gasteiger partial charge in [-0.1, -0.05) is 17.3 Å². The first-order chi connectivity index (χ1) is 11.2. The maximum atomic E-state index is 5.63. The van der Waals surface area contributed by atoms with E-state index >= 15 is 0 Å². The number of fused-ring (bicyclic) bond motifs is 1. The summed E-state index contributed by atoms with van der Waals surface area (Å²) >= 11 is 0. The fourth-order valence-electron chi connectivity index (χ4n) is 3.49. The van der Waals surface area contributed by atoms with Crippen LogP contribution in [0.15, 0.2) is 30.6 Å². The first kappa shape index (κ1) is 14.5. The van der Waals surface area contributed by atoms with Gasteiger partial charge in [0.15, 0.2) is 11.5 Å². The summed E-state index contributed by atoms with van der Waals surface area (Å²) < 4.78 is 13.1. The minimum atomic E-state index is 0.307. The maximum absolute atomic E-state index is 5.63. The van der Waals surface area contributed by atoms with Crippen molar-refractivity contribution in [2.24, 2.45) is 0 Å². The predicted molar refractivity (Wildman–Crippen MR) is 84.4 cm³/mol. The second kappa shape index (κ2) is 5.82. The van der Waals surface area contributed by atoms with Crippen molar-refractivity contribution in [3.8, 4) is 11.5 Å². The number of hydrogen-bond acceptors (Lipinski definition) is 6. The van der Waals surface area contributed by atoms with Gasteiger partial charge in [0.2, 0.25) is 6.79 Å². The van der Waals surface area contributed by atoms with Crippen LogP contribution in [0.5, 0.6) is 11.5 Å². The molecule has 0 saturated carbocycles. The molecule has 0 aliphatic carbocycles. The van der Waals surface area contributed by atoms with Crippen molar-refractivity contribution in [1.29, 1.82) is 0 Å². The van der Waals surface area contributed by atoms with E-state index in [1.165, 1.54) is 5.56 Å². The third-order valence-corrected chi connectivity index (χ3v) is 4.65.